The van der Waals surface area contributed by atoms with Crippen molar-refractivity contribution in [1.29, 1.82) is 0 Å². The number of aliphatic hydroxyl groups is 1. The van der Waals surface area contributed by atoms with Crippen LogP contribution in [0.15, 0.2) is 103 Å². The molecule has 0 unspecified atom stereocenters. The number of para-hydroxylation sites is 2. The fraction of sp³-hybridized carbons (Fsp3) is 0.325. The number of imidazole rings is 1. The Morgan fingerprint density at radius 2 is 0.909 bits per heavy atom. The standard InChI is InChI=1S/C39H45N2.CH4O.BrH/c1-26(2)33-16-12-17-34(27(3)4)37(33)40-24-25-41(38-35(28(5)6)18-13-19-36(38)29(7)8)39(40)32-22-20-31(21-23-32)30-14-10-9-11-15-30;1-2;/h9-29H,1-8H3;2H,1H3;1H/q+1;;/p-1. The number of rotatable bonds is 8. The van der Waals surface area contributed by atoms with Crippen molar-refractivity contribution >= 4 is 0 Å². The molecule has 4 aromatic carbocycles. The van der Waals surface area contributed by atoms with E-state index >= 15 is 0 Å². The smallest absolute Gasteiger partial charge is 0.299 e. The predicted octanol–water partition coefficient (Wildman–Crippen LogP) is 7.19. The van der Waals surface area contributed by atoms with Crippen LogP contribution in [-0.2, 0) is 0 Å². The van der Waals surface area contributed by atoms with E-state index in [4.69, 9.17) is 5.11 Å². The van der Waals surface area contributed by atoms with E-state index < -0.39 is 0 Å². The molecule has 1 aromatic heterocycles. The van der Waals surface area contributed by atoms with Gasteiger partial charge >= 0.3 is 0 Å². The highest BCUT2D eigenvalue weighted by Crippen LogP contribution is 2.36. The van der Waals surface area contributed by atoms with E-state index in [0.29, 0.717) is 23.7 Å². The van der Waals surface area contributed by atoms with Gasteiger partial charge in [-0.1, -0.05) is 134 Å². The predicted molar refractivity (Wildman–Crippen MR) is 183 cm³/mol. The Morgan fingerprint density at radius 1 is 0.500 bits per heavy atom. The molecule has 3 nitrogen and oxygen atoms in total. The van der Waals surface area contributed by atoms with Gasteiger partial charge in [-0.05, 0) is 46.9 Å². The van der Waals surface area contributed by atoms with Crippen LogP contribution in [-0.4, -0.2) is 16.8 Å². The van der Waals surface area contributed by atoms with Gasteiger partial charge in [0.1, 0.15) is 23.8 Å². The summed E-state index contributed by atoms with van der Waals surface area (Å²) in [4.78, 5) is 0. The molecule has 0 aliphatic carbocycles. The monoisotopic (exact) mass is 652 g/mol. The maximum atomic E-state index is 7.00. The van der Waals surface area contributed by atoms with Crippen LogP contribution in [0, 0.1) is 0 Å². The molecule has 0 aliphatic heterocycles. The summed E-state index contributed by atoms with van der Waals surface area (Å²) in [5, 5.41) is 7.00. The summed E-state index contributed by atoms with van der Waals surface area (Å²) in [6.45, 7) is 18.4. The largest absolute Gasteiger partial charge is 1.00 e. The zero-order valence-electron chi connectivity index (χ0n) is 27.8. The fourth-order valence-corrected chi connectivity index (χ4v) is 6.05. The molecular weight excluding hydrogens is 604 g/mol. The maximum Gasteiger partial charge on any atom is 0.299 e. The molecule has 4 heteroatoms. The van der Waals surface area contributed by atoms with Crippen molar-refractivity contribution in [3.05, 3.63) is 126 Å². The average Bonchev–Trinajstić information content (AvgIpc) is 3.46. The van der Waals surface area contributed by atoms with Crippen LogP contribution < -0.4 is 21.5 Å². The summed E-state index contributed by atoms with van der Waals surface area (Å²) in [5.74, 6) is 2.81. The first-order chi connectivity index (χ1) is 20.7. The molecule has 0 spiro atoms. The molecule has 232 valence electrons. The summed E-state index contributed by atoms with van der Waals surface area (Å²) in [5.41, 5.74) is 11.8. The first kappa shape index (κ1) is 35.0. The quantitative estimate of drug-likeness (QED) is 0.177. The molecule has 0 fully saturated rings. The minimum absolute atomic E-state index is 0. The van der Waals surface area contributed by atoms with Gasteiger partial charge in [0.05, 0.1) is 5.56 Å². The lowest BCUT2D eigenvalue weighted by Crippen LogP contribution is -3.00. The molecular formula is C40H49BrN2O. The molecule has 1 N–H and O–H groups in total. The van der Waals surface area contributed by atoms with E-state index in [1.807, 2.05) is 0 Å². The highest BCUT2D eigenvalue weighted by molar-refractivity contribution is 5.69. The van der Waals surface area contributed by atoms with Crippen molar-refractivity contribution in [3.8, 4) is 33.9 Å². The van der Waals surface area contributed by atoms with Gasteiger partial charge in [0.15, 0.2) is 0 Å². The highest BCUT2D eigenvalue weighted by Gasteiger charge is 2.30. The number of aliphatic hydroxyl groups excluding tert-OH is 1. The Hall–Kier alpha value is -3.47. The number of aromatic nitrogens is 2. The first-order valence-corrected chi connectivity index (χ1v) is 15.7. The molecule has 0 saturated heterocycles. The highest BCUT2D eigenvalue weighted by atomic mass is 79.9. The maximum absolute atomic E-state index is 7.00. The van der Waals surface area contributed by atoms with Crippen LogP contribution in [0.3, 0.4) is 0 Å². The third-order valence-corrected chi connectivity index (χ3v) is 8.24. The van der Waals surface area contributed by atoms with Gasteiger partial charge in [-0.3, -0.25) is 0 Å². The van der Waals surface area contributed by atoms with Gasteiger partial charge in [-0.2, -0.15) is 9.13 Å². The van der Waals surface area contributed by atoms with Crippen molar-refractivity contribution < 1.29 is 26.7 Å². The van der Waals surface area contributed by atoms with Crippen LogP contribution in [0.1, 0.15) is 101 Å². The number of hydrogen-bond acceptors (Lipinski definition) is 1. The zero-order chi connectivity index (χ0) is 31.3. The molecule has 1 heterocycles. The number of halogens is 1. The minimum Gasteiger partial charge on any atom is -1.00 e. The van der Waals surface area contributed by atoms with Gasteiger partial charge in [0, 0.05) is 29.4 Å². The van der Waals surface area contributed by atoms with Gasteiger partial charge in [0.25, 0.3) is 5.82 Å². The third kappa shape index (κ3) is 7.08. The molecule has 0 saturated carbocycles. The normalized spacial score (nSPS) is 11.1. The molecule has 0 radical (unpaired) electrons. The second-order valence-corrected chi connectivity index (χ2v) is 12.5. The molecule has 5 aromatic rings. The van der Waals surface area contributed by atoms with Crippen LogP contribution in [0.2, 0.25) is 0 Å². The van der Waals surface area contributed by atoms with E-state index in [1.165, 1.54) is 56.1 Å². The minimum atomic E-state index is 0. The zero-order valence-corrected chi connectivity index (χ0v) is 29.4. The summed E-state index contributed by atoms with van der Waals surface area (Å²) >= 11 is 0. The summed E-state index contributed by atoms with van der Waals surface area (Å²) in [7, 11) is 1.00. The van der Waals surface area contributed by atoms with Gasteiger partial charge in [-0.15, -0.1) is 0 Å². The van der Waals surface area contributed by atoms with E-state index in [-0.39, 0.29) is 17.0 Å². The van der Waals surface area contributed by atoms with E-state index in [2.05, 4.69) is 168 Å². The molecule has 0 amide bonds. The van der Waals surface area contributed by atoms with Crippen LogP contribution in [0.4, 0.5) is 0 Å². The van der Waals surface area contributed by atoms with Crippen molar-refractivity contribution in [1.82, 2.24) is 4.57 Å². The Morgan fingerprint density at radius 3 is 1.36 bits per heavy atom. The summed E-state index contributed by atoms with van der Waals surface area (Å²) in [6, 6.07) is 33.4. The van der Waals surface area contributed by atoms with Crippen molar-refractivity contribution in [3.63, 3.8) is 0 Å². The van der Waals surface area contributed by atoms with Crippen molar-refractivity contribution in [2.24, 2.45) is 0 Å². The number of hydrogen-bond donors (Lipinski definition) is 1. The van der Waals surface area contributed by atoms with Crippen LogP contribution in [0.25, 0.3) is 33.9 Å². The third-order valence-electron chi connectivity index (χ3n) is 8.24. The molecule has 44 heavy (non-hydrogen) atoms. The number of nitrogens with zero attached hydrogens (tertiary/aromatic N) is 2. The lowest BCUT2D eigenvalue weighted by molar-refractivity contribution is -0.584. The fourth-order valence-electron chi connectivity index (χ4n) is 6.05. The van der Waals surface area contributed by atoms with Gasteiger partial charge in [0.2, 0.25) is 0 Å². The van der Waals surface area contributed by atoms with Crippen molar-refractivity contribution in [2.75, 3.05) is 7.11 Å². The van der Waals surface area contributed by atoms with Crippen LogP contribution in [0.5, 0.6) is 0 Å². The Balaban J connectivity index is 0.00000173. The first-order valence-electron chi connectivity index (χ1n) is 15.7. The van der Waals surface area contributed by atoms with E-state index in [9.17, 15) is 0 Å². The molecule has 0 aliphatic rings. The Labute approximate surface area is 276 Å². The molecule has 0 atom stereocenters. The SMILES string of the molecule is CC(C)c1cccc(C(C)C)c1-n1cc[n+](-c2c(C(C)C)cccc2C(C)C)c1-c1ccc(-c2ccccc2)cc1.CO.[Br-]. The summed E-state index contributed by atoms with van der Waals surface area (Å²) < 4.78 is 4.92. The molecule has 0 bridgehead atoms. The van der Waals surface area contributed by atoms with E-state index in [1.54, 1.807) is 0 Å². The average molecular weight is 654 g/mol. The Bertz CT molecular complexity index is 1500. The van der Waals surface area contributed by atoms with E-state index in [0.717, 1.165) is 7.11 Å². The second-order valence-electron chi connectivity index (χ2n) is 12.5. The van der Waals surface area contributed by atoms with Crippen molar-refractivity contribution in [2.45, 2.75) is 79.1 Å². The topological polar surface area (TPSA) is 29.0 Å². The van der Waals surface area contributed by atoms with Gasteiger partial charge in [-0.25, -0.2) is 0 Å². The van der Waals surface area contributed by atoms with Gasteiger partial charge < -0.3 is 22.1 Å². The van der Waals surface area contributed by atoms with Crippen LogP contribution >= 0.6 is 0 Å². The Kier molecular flexibility index (Phi) is 12.3. The lowest BCUT2D eigenvalue weighted by Gasteiger charge is -2.20. The second kappa shape index (κ2) is 15.5. The molecule has 5 rings (SSSR count). The lowest BCUT2D eigenvalue weighted by atomic mass is 9.92. The summed E-state index contributed by atoms with van der Waals surface area (Å²) in [6.07, 6.45) is 4.57. The number of benzene rings is 4.